The highest BCUT2D eigenvalue weighted by Gasteiger charge is 2.06. The van der Waals surface area contributed by atoms with Gasteiger partial charge >= 0.3 is 0 Å². The maximum atomic E-state index is 6.20. The maximum absolute atomic E-state index is 6.20. The Morgan fingerprint density at radius 1 is 1.35 bits per heavy atom. The Hall–Kier alpha value is -1.10. The van der Waals surface area contributed by atoms with E-state index >= 15 is 0 Å². The summed E-state index contributed by atoms with van der Waals surface area (Å²) in [7, 11) is 0. The monoisotopic (exact) mass is 310 g/mol. The summed E-state index contributed by atoms with van der Waals surface area (Å²) in [4.78, 5) is 4.53. The van der Waals surface area contributed by atoms with Gasteiger partial charge in [0.1, 0.15) is 12.4 Å². The van der Waals surface area contributed by atoms with E-state index < -0.39 is 0 Å². The fourth-order valence-corrected chi connectivity index (χ4v) is 3.02. The standard InChI is InChI=1S/C15H19ClN2OS/c1-2-3-15-18-12(10-20-15)9-19-14-5-4-11(6-7-17)8-13(14)16/h4-5,8,10H,2-3,6-7,9,17H2,1H3. The van der Waals surface area contributed by atoms with Crippen molar-refractivity contribution >= 4 is 22.9 Å². The summed E-state index contributed by atoms with van der Waals surface area (Å²) in [5, 5.41) is 3.83. The first-order valence-electron chi connectivity index (χ1n) is 6.77. The number of nitrogens with zero attached hydrogens (tertiary/aromatic N) is 1. The van der Waals surface area contributed by atoms with Gasteiger partial charge in [-0.25, -0.2) is 4.98 Å². The van der Waals surface area contributed by atoms with Crippen molar-refractivity contribution in [2.75, 3.05) is 6.54 Å². The molecule has 0 saturated carbocycles. The molecule has 0 fully saturated rings. The van der Waals surface area contributed by atoms with Crippen LogP contribution in [0.5, 0.6) is 5.75 Å². The van der Waals surface area contributed by atoms with Crippen molar-refractivity contribution in [3.63, 3.8) is 0 Å². The van der Waals surface area contributed by atoms with Gasteiger partial charge in [-0.15, -0.1) is 11.3 Å². The molecule has 108 valence electrons. The molecule has 0 radical (unpaired) electrons. The number of thiazole rings is 1. The highest BCUT2D eigenvalue weighted by Crippen LogP contribution is 2.26. The van der Waals surface area contributed by atoms with Crippen LogP contribution in [0.1, 0.15) is 29.6 Å². The molecule has 0 aliphatic rings. The Kier molecular flexibility index (Phi) is 5.83. The highest BCUT2D eigenvalue weighted by molar-refractivity contribution is 7.09. The van der Waals surface area contributed by atoms with Crippen LogP contribution in [0, 0.1) is 0 Å². The SMILES string of the molecule is CCCc1nc(COc2ccc(CCN)cc2Cl)cs1. The fraction of sp³-hybridized carbons (Fsp3) is 0.400. The molecule has 0 bridgehead atoms. The van der Waals surface area contributed by atoms with Gasteiger partial charge in [-0.3, -0.25) is 0 Å². The highest BCUT2D eigenvalue weighted by atomic mass is 35.5. The minimum absolute atomic E-state index is 0.455. The molecule has 1 aromatic carbocycles. The number of nitrogens with two attached hydrogens (primary N) is 1. The van der Waals surface area contributed by atoms with Crippen molar-refractivity contribution in [1.29, 1.82) is 0 Å². The zero-order chi connectivity index (χ0) is 14.4. The lowest BCUT2D eigenvalue weighted by Crippen LogP contribution is -2.03. The molecule has 1 aromatic heterocycles. The molecule has 0 spiro atoms. The Morgan fingerprint density at radius 3 is 2.90 bits per heavy atom. The normalized spacial score (nSPS) is 10.8. The summed E-state index contributed by atoms with van der Waals surface area (Å²) in [6.45, 7) is 3.23. The number of benzene rings is 1. The summed E-state index contributed by atoms with van der Waals surface area (Å²) in [6, 6.07) is 5.80. The van der Waals surface area contributed by atoms with Gasteiger partial charge in [0.05, 0.1) is 15.7 Å². The Labute approximate surface area is 128 Å². The van der Waals surface area contributed by atoms with E-state index in [1.165, 1.54) is 0 Å². The van der Waals surface area contributed by atoms with Crippen LogP contribution in [0.3, 0.4) is 0 Å². The largest absolute Gasteiger partial charge is 0.486 e. The van der Waals surface area contributed by atoms with Crippen LogP contribution in [0.25, 0.3) is 0 Å². The van der Waals surface area contributed by atoms with Gasteiger partial charge in [0, 0.05) is 5.38 Å². The number of halogens is 1. The molecule has 5 heteroatoms. The Bertz CT molecular complexity index is 557. The predicted octanol–water partition coefficient (Wildman–Crippen LogP) is 3.83. The van der Waals surface area contributed by atoms with Crippen molar-refractivity contribution in [3.05, 3.63) is 44.9 Å². The van der Waals surface area contributed by atoms with Gasteiger partial charge in [0.25, 0.3) is 0 Å². The summed E-state index contributed by atoms with van der Waals surface area (Å²) < 4.78 is 5.73. The van der Waals surface area contributed by atoms with Crippen LogP contribution in [-0.4, -0.2) is 11.5 Å². The lowest BCUT2D eigenvalue weighted by atomic mass is 10.1. The van der Waals surface area contributed by atoms with E-state index in [4.69, 9.17) is 22.1 Å². The molecule has 0 aliphatic carbocycles. The van der Waals surface area contributed by atoms with Crippen LogP contribution in [-0.2, 0) is 19.4 Å². The third-order valence-corrected chi connectivity index (χ3v) is 4.12. The number of ether oxygens (including phenoxy) is 1. The summed E-state index contributed by atoms with van der Waals surface area (Å²) in [6.07, 6.45) is 2.97. The first-order valence-corrected chi connectivity index (χ1v) is 8.03. The van der Waals surface area contributed by atoms with Crippen LogP contribution in [0.15, 0.2) is 23.6 Å². The second-order valence-electron chi connectivity index (χ2n) is 4.57. The smallest absolute Gasteiger partial charge is 0.138 e. The molecule has 1 heterocycles. The third-order valence-electron chi connectivity index (χ3n) is 2.87. The Balaban J connectivity index is 1.95. The van der Waals surface area contributed by atoms with Crippen molar-refractivity contribution in [2.24, 2.45) is 5.73 Å². The lowest BCUT2D eigenvalue weighted by molar-refractivity contribution is 0.302. The molecule has 0 amide bonds. The second-order valence-corrected chi connectivity index (χ2v) is 5.92. The number of aromatic nitrogens is 1. The first kappa shape index (κ1) is 15.3. The van der Waals surface area contributed by atoms with E-state index in [-0.39, 0.29) is 0 Å². The summed E-state index contributed by atoms with van der Waals surface area (Å²) in [5.41, 5.74) is 7.62. The molecule has 2 rings (SSSR count). The van der Waals surface area contributed by atoms with Gasteiger partial charge in [-0.05, 0) is 43.5 Å². The number of hydrogen-bond acceptors (Lipinski definition) is 4. The molecule has 0 aliphatic heterocycles. The second kappa shape index (κ2) is 7.62. The van der Waals surface area contributed by atoms with E-state index in [0.717, 1.165) is 35.5 Å². The third kappa shape index (κ3) is 4.20. The molecular weight excluding hydrogens is 292 g/mol. The average Bonchev–Trinajstić information content (AvgIpc) is 2.86. The fourth-order valence-electron chi connectivity index (χ4n) is 1.88. The van der Waals surface area contributed by atoms with Crippen LogP contribution >= 0.6 is 22.9 Å². The van der Waals surface area contributed by atoms with Crippen molar-refractivity contribution in [3.8, 4) is 5.75 Å². The molecule has 0 saturated heterocycles. The van der Waals surface area contributed by atoms with Gasteiger partial charge in [-0.1, -0.05) is 24.6 Å². The lowest BCUT2D eigenvalue weighted by Gasteiger charge is -2.08. The number of aryl methyl sites for hydroxylation is 1. The van der Waals surface area contributed by atoms with Gasteiger partial charge in [-0.2, -0.15) is 0 Å². The van der Waals surface area contributed by atoms with E-state index in [2.05, 4.69) is 11.9 Å². The summed E-state index contributed by atoms with van der Waals surface area (Å²) >= 11 is 7.89. The molecule has 3 nitrogen and oxygen atoms in total. The average molecular weight is 311 g/mol. The van der Waals surface area contributed by atoms with Crippen molar-refractivity contribution < 1.29 is 4.74 Å². The minimum Gasteiger partial charge on any atom is -0.486 e. The van der Waals surface area contributed by atoms with E-state index in [1.54, 1.807) is 11.3 Å². The summed E-state index contributed by atoms with van der Waals surface area (Å²) in [5.74, 6) is 0.692. The number of rotatable bonds is 7. The van der Waals surface area contributed by atoms with Crippen molar-refractivity contribution in [1.82, 2.24) is 4.98 Å². The zero-order valence-corrected chi connectivity index (χ0v) is 13.1. The van der Waals surface area contributed by atoms with E-state index in [0.29, 0.717) is 23.9 Å². The molecule has 2 aromatic rings. The maximum Gasteiger partial charge on any atom is 0.138 e. The number of hydrogen-bond donors (Lipinski definition) is 1. The molecule has 0 atom stereocenters. The van der Waals surface area contributed by atoms with E-state index in [9.17, 15) is 0 Å². The van der Waals surface area contributed by atoms with Gasteiger partial charge in [0.2, 0.25) is 0 Å². The molecule has 20 heavy (non-hydrogen) atoms. The Morgan fingerprint density at radius 2 is 2.20 bits per heavy atom. The zero-order valence-electron chi connectivity index (χ0n) is 11.6. The van der Waals surface area contributed by atoms with E-state index in [1.807, 2.05) is 23.6 Å². The van der Waals surface area contributed by atoms with Crippen LogP contribution in [0.4, 0.5) is 0 Å². The molecular formula is C15H19ClN2OS. The van der Waals surface area contributed by atoms with Crippen LogP contribution < -0.4 is 10.5 Å². The topological polar surface area (TPSA) is 48.1 Å². The quantitative estimate of drug-likeness (QED) is 0.845. The van der Waals surface area contributed by atoms with Gasteiger partial charge in [0.15, 0.2) is 0 Å². The molecule has 2 N–H and O–H groups in total. The minimum atomic E-state index is 0.455. The van der Waals surface area contributed by atoms with Gasteiger partial charge < -0.3 is 10.5 Å². The molecule has 0 unspecified atom stereocenters. The predicted molar refractivity (Wildman–Crippen MR) is 84.7 cm³/mol. The van der Waals surface area contributed by atoms with Crippen LogP contribution in [0.2, 0.25) is 5.02 Å². The van der Waals surface area contributed by atoms with Crippen molar-refractivity contribution in [2.45, 2.75) is 32.8 Å². The first-order chi connectivity index (χ1) is 9.72.